The molecule has 0 aliphatic carbocycles. The Bertz CT molecular complexity index is 564. The summed E-state index contributed by atoms with van der Waals surface area (Å²) in [5, 5.41) is 0.588. The predicted octanol–water partition coefficient (Wildman–Crippen LogP) is 3.71. The highest BCUT2D eigenvalue weighted by Gasteiger charge is 2.08. The third-order valence-electron chi connectivity index (χ3n) is 2.64. The Labute approximate surface area is 116 Å². The fraction of sp³-hybridized carbons (Fsp3) is 0.133. The van der Waals surface area contributed by atoms with Crippen molar-refractivity contribution in [1.82, 2.24) is 0 Å². The molecule has 0 radical (unpaired) electrons. The third-order valence-corrected chi connectivity index (χ3v) is 3.01. The molecule has 0 saturated carbocycles. The zero-order chi connectivity index (χ0) is 13.7. The van der Waals surface area contributed by atoms with Gasteiger partial charge in [0.1, 0.15) is 12.4 Å². The molecule has 2 aromatic rings. The molecule has 3 nitrogen and oxygen atoms in total. The molecule has 0 aliphatic heterocycles. The number of rotatable bonds is 4. The molecule has 4 heteroatoms. The molecule has 0 bridgehead atoms. The smallest absolute Gasteiger partial charge is 0.338 e. The van der Waals surface area contributed by atoms with Gasteiger partial charge in [-0.05, 0) is 30.3 Å². The number of halogens is 1. The van der Waals surface area contributed by atoms with E-state index in [-0.39, 0.29) is 12.6 Å². The molecule has 0 aliphatic rings. The van der Waals surface area contributed by atoms with Crippen LogP contribution in [0.1, 0.15) is 15.9 Å². The lowest BCUT2D eigenvalue weighted by Crippen LogP contribution is -2.05. The molecule has 2 rings (SSSR count). The van der Waals surface area contributed by atoms with Crippen molar-refractivity contribution in [2.75, 3.05) is 7.11 Å². The van der Waals surface area contributed by atoms with Crippen LogP contribution in [-0.4, -0.2) is 13.1 Å². The fourth-order valence-corrected chi connectivity index (χ4v) is 1.76. The minimum atomic E-state index is -0.387. The van der Waals surface area contributed by atoms with Crippen LogP contribution in [0.2, 0.25) is 5.02 Å². The van der Waals surface area contributed by atoms with Crippen molar-refractivity contribution in [3.63, 3.8) is 0 Å². The number of hydrogen-bond donors (Lipinski definition) is 0. The first-order valence-corrected chi connectivity index (χ1v) is 6.13. The molecule has 0 amide bonds. The van der Waals surface area contributed by atoms with Gasteiger partial charge in [-0.25, -0.2) is 4.79 Å². The second-order valence-corrected chi connectivity index (χ2v) is 4.30. The second-order valence-electron chi connectivity index (χ2n) is 3.90. The van der Waals surface area contributed by atoms with E-state index >= 15 is 0 Å². The summed E-state index contributed by atoms with van der Waals surface area (Å²) in [6.07, 6.45) is 0. The van der Waals surface area contributed by atoms with Crippen molar-refractivity contribution in [1.29, 1.82) is 0 Å². The summed E-state index contributed by atoms with van der Waals surface area (Å²) in [4.78, 5) is 11.8. The van der Waals surface area contributed by atoms with E-state index < -0.39 is 0 Å². The summed E-state index contributed by atoms with van der Waals surface area (Å²) in [5.41, 5.74) is 1.26. The van der Waals surface area contributed by atoms with E-state index in [0.29, 0.717) is 16.3 Å². The van der Waals surface area contributed by atoms with Gasteiger partial charge in [-0.2, -0.15) is 0 Å². The fourth-order valence-electron chi connectivity index (χ4n) is 1.57. The maximum Gasteiger partial charge on any atom is 0.338 e. The lowest BCUT2D eigenvalue weighted by atomic mass is 10.2. The molecule has 0 aromatic heterocycles. The zero-order valence-electron chi connectivity index (χ0n) is 10.4. The lowest BCUT2D eigenvalue weighted by Gasteiger charge is -2.07. The summed E-state index contributed by atoms with van der Waals surface area (Å²) in [5.74, 6) is 0.310. The topological polar surface area (TPSA) is 35.5 Å². The third kappa shape index (κ3) is 3.48. The van der Waals surface area contributed by atoms with E-state index in [1.165, 1.54) is 0 Å². The Morgan fingerprint density at radius 3 is 2.42 bits per heavy atom. The first-order valence-electron chi connectivity index (χ1n) is 5.75. The quantitative estimate of drug-likeness (QED) is 0.799. The average Bonchev–Trinajstić information content (AvgIpc) is 2.46. The number of methoxy groups -OCH3 is 1. The van der Waals surface area contributed by atoms with Crippen LogP contribution in [0.3, 0.4) is 0 Å². The molecule has 0 atom stereocenters. The van der Waals surface area contributed by atoms with E-state index in [0.717, 1.165) is 5.56 Å². The van der Waals surface area contributed by atoms with Crippen LogP contribution in [0.5, 0.6) is 5.75 Å². The number of hydrogen-bond acceptors (Lipinski definition) is 3. The molecule has 0 unspecified atom stereocenters. The van der Waals surface area contributed by atoms with E-state index in [2.05, 4.69) is 0 Å². The largest absolute Gasteiger partial charge is 0.497 e. The molecule has 0 fully saturated rings. The lowest BCUT2D eigenvalue weighted by molar-refractivity contribution is 0.0473. The predicted molar refractivity (Wildman–Crippen MR) is 73.6 cm³/mol. The number of benzene rings is 2. The van der Waals surface area contributed by atoms with Crippen molar-refractivity contribution in [3.8, 4) is 5.75 Å². The zero-order valence-corrected chi connectivity index (χ0v) is 11.2. The van der Waals surface area contributed by atoms with Gasteiger partial charge >= 0.3 is 5.97 Å². The van der Waals surface area contributed by atoms with Gasteiger partial charge in [0, 0.05) is 10.6 Å². The summed E-state index contributed by atoms with van der Waals surface area (Å²) < 4.78 is 10.2. The molecule has 2 aromatic carbocycles. The molecule has 98 valence electrons. The summed E-state index contributed by atoms with van der Waals surface area (Å²) in [6.45, 7) is 0.157. The van der Waals surface area contributed by atoms with Gasteiger partial charge in [0.15, 0.2) is 0 Å². The van der Waals surface area contributed by atoms with Gasteiger partial charge in [0.25, 0.3) is 0 Å². The molecule has 0 N–H and O–H groups in total. The Morgan fingerprint density at radius 2 is 1.79 bits per heavy atom. The molecule has 0 heterocycles. The average molecular weight is 277 g/mol. The van der Waals surface area contributed by atoms with Crippen LogP contribution in [0.4, 0.5) is 0 Å². The first-order chi connectivity index (χ1) is 9.20. The number of esters is 1. The van der Waals surface area contributed by atoms with Crippen molar-refractivity contribution in [2.45, 2.75) is 6.61 Å². The second kappa shape index (κ2) is 6.25. The molecule has 19 heavy (non-hydrogen) atoms. The number of ether oxygens (including phenoxy) is 2. The highest BCUT2D eigenvalue weighted by Crippen LogP contribution is 2.17. The van der Waals surface area contributed by atoms with E-state index in [1.807, 2.05) is 18.2 Å². The van der Waals surface area contributed by atoms with Crippen LogP contribution >= 0.6 is 11.6 Å². The molecule has 0 saturated heterocycles. The molecular formula is C15H13ClO3. The standard InChI is InChI=1S/C15H13ClO3/c1-18-13-8-6-11(7-9-13)15(17)19-10-12-4-2-3-5-14(12)16/h2-9H,10H2,1H3. The Kier molecular flexibility index (Phi) is 4.42. The maximum atomic E-state index is 11.8. The first kappa shape index (κ1) is 13.4. The van der Waals surface area contributed by atoms with E-state index in [9.17, 15) is 4.79 Å². The van der Waals surface area contributed by atoms with Gasteiger partial charge in [0.05, 0.1) is 12.7 Å². The van der Waals surface area contributed by atoms with Gasteiger partial charge in [-0.3, -0.25) is 0 Å². The Hall–Kier alpha value is -2.00. The van der Waals surface area contributed by atoms with E-state index in [1.54, 1.807) is 37.4 Å². The Morgan fingerprint density at radius 1 is 1.11 bits per heavy atom. The highest BCUT2D eigenvalue weighted by molar-refractivity contribution is 6.31. The van der Waals surface area contributed by atoms with Crippen molar-refractivity contribution >= 4 is 17.6 Å². The summed E-state index contributed by atoms with van der Waals surface area (Å²) >= 11 is 5.99. The van der Waals surface area contributed by atoms with Crippen LogP contribution in [-0.2, 0) is 11.3 Å². The van der Waals surface area contributed by atoms with Crippen LogP contribution in [0.15, 0.2) is 48.5 Å². The van der Waals surface area contributed by atoms with Gasteiger partial charge in [-0.1, -0.05) is 29.8 Å². The molecular weight excluding hydrogens is 264 g/mol. The van der Waals surface area contributed by atoms with Crippen LogP contribution < -0.4 is 4.74 Å². The van der Waals surface area contributed by atoms with Crippen molar-refractivity contribution < 1.29 is 14.3 Å². The maximum absolute atomic E-state index is 11.8. The SMILES string of the molecule is COc1ccc(C(=O)OCc2ccccc2Cl)cc1. The minimum Gasteiger partial charge on any atom is -0.497 e. The van der Waals surface area contributed by atoms with Crippen LogP contribution in [0, 0.1) is 0 Å². The van der Waals surface area contributed by atoms with Gasteiger partial charge in [0.2, 0.25) is 0 Å². The van der Waals surface area contributed by atoms with Gasteiger partial charge in [-0.15, -0.1) is 0 Å². The van der Waals surface area contributed by atoms with Crippen LogP contribution in [0.25, 0.3) is 0 Å². The highest BCUT2D eigenvalue weighted by atomic mass is 35.5. The van der Waals surface area contributed by atoms with E-state index in [4.69, 9.17) is 21.1 Å². The van der Waals surface area contributed by atoms with Crippen molar-refractivity contribution in [3.05, 3.63) is 64.7 Å². The minimum absolute atomic E-state index is 0.157. The normalized spacial score (nSPS) is 10.0. The number of carbonyl (C=O) groups excluding carboxylic acids is 1. The van der Waals surface area contributed by atoms with Gasteiger partial charge < -0.3 is 9.47 Å². The summed E-state index contributed by atoms with van der Waals surface area (Å²) in [6, 6.07) is 14.0. The van der Waals surface area contributed by atoms with Crippen molar-refractivity contribution in [2.24, 2.45) is 0 Å². The number of carbonyl (C=O) groups is 1. The molecule has 0 spiro atoms. The summed E-state index contributed by atoms with van der Waals surface area (Å²) in [7, 11) is 1.57. The Balaban J connectivity index is 1.99. The monoisotopic (exact) mass is 276 g/mol.